The fourth-order valence-electron chi connectivity index (χ4n) is 2.64. The molecule has 1 aliphatic heterocycles. The van der Waals surface area contributed by atoms with Crippen LogP contribution in [0.3, 0.4) is 0 Å². The second kappa shape index (κ2) is 16.4. The van der Waals surface area contributed by atoms with Gasteiger partial charge in [-0.3, -0.25) is 4.99 Å². The number of benzene rings is 1. The molecule has 8 nitrogen and oxygen atoms in total. The minimum absolute atomic E-state index is 0. The number of rotatable bonds is 12. The van der Waals surface area contributed by atoms with Crippen molar-refractivity contribution in [2.45, 2.75) is 19.8 Å². The fourth-order valence-corrected chi connectivity index (χ4v) is 2.64. The summed E-state index contributed by atoms with van der Waals surface area (Å²) in [4.78, 5) is 6.93. The van der Waals surface area contributed by atoms with Crippen LogP contribution in [0, 0.1) is 0 Å². The monoisotopic (exact) mass is 536 g/mol. The van der Waals surface area contributed by atoms with Gasteiger partial charge in [0.05, 0.1) is 26.4 Å². The highest BCUT2D eigenvalue weighted by Gasteiger charge is 2.11. The fraction of sp³-hybridized carbons (Fsp3) is 0.667. The summed E-state index contributed by atoms with van der Waals surface area (Å²) >= 11 is 0. The lowest BCUT2D eigenvalue weighted by Crippen LogP contribution is -2.37. The molecule has 0 saturated carbocycles. The maximum Gasteiger partial charge on any atom is 0.195 e. The average molecular weight is 536 g/mol. The first-order chi connectivity index (χ1) is 14.2. The average Bonchev–Trinajstić information content (AvgIpc) is 2.97. The molecule has 30 heavy (non-hydrogen) atoms. The predicted molar refractivity (Wildman–Crippen MR) is 132 cm³/mol. The highest BCUT2D eigenvalue weighted by Crippen LogP contribution is 2.32. The summed E-state index contributed by atoms with van der Waals surface area (Å²) in [6, 6.07) is 5.88. The van der Waals surface area contributed by atoms with Crippen LogP contribution < -0.4 is 20.1 Å². The number of hydrogen-bond acceptors (Lipinski definition) is 6. The van der Waals surface area contributed by atoms with E-state index < -0.39 is 0 Å². The van der Waals surface area contributed by atoms with Crippen molar-refractivity contribution in [3.05, 3.63) is 18.2 Å². The van der Waals surface area contributed by atoms with Crippen LogP contribution in [-0.2, 0) is 9.47 Å². The van der Waals surface area contributed by atoms with Crippen LogP contribution in [0.5, 0.6) is 11.5 Å². The molecule has 0 spiro atoms. The second-order valence-electron chi connectivity index (χ2n) is 6.85. The van der Waals surface area contributed by atoms with Crippen molar-refractivity contribution in [3.63, 3.8) is 0 Å². The van der Waals surface area contributed by atoms with Crippen molar-refractivity contribution in [2.24, 2.45) is 4.99 Å². The van der Waals surface area contributed by atoms with E-state index in [1.165, 1.54) is 0 Å². The molecule has 0 amide bonds. The molecular formula is C21H37IN4O4. The van der Waals surface area contributed by atoms with Crippen LogP contribution in [0.4, 0.5) is 5.69 Å². The molecule has 9 heteroatoms. The molecule has 1 aromatic carbocycles. The lowest BCUT2D eigenvalue weighted by atomic mass is 10.2. The summed E-state index contributed by atoms with van der Waals surface area (Å²) < 4.78 is 22.0. The van der Waals surface area contributed by atoms with E-state index in [4.69, 9.17) is 18.9 Å². The minimum Gasteiger partial charge on any atom is -0.490 e. The van der Waals surface area contributed by atoms with Gasteiger partial charge in [-0.2, -0.15) is 0 Å². The smallest absolute Gasteiger partial charge is 0.195 e. The predicted octanol–water partition coefficient (Wildman–Crippen LogP) is 2.83. The number of likely N-dealkylation sites (N-methyl/N-ethyl adjacent to an activating group) is 1. The lowest BCUT2D eigenvalue weighted by Gasteiger charge is -2.17. The maximum absolute atomic E-state index is 5.78. The van der Waals surface area contributed by atoms with Gasteiger partial charge in [0.25, 0.3) is 0 Å². The Bertz CT molecular complexity index is 619. The normalized spacial score (nSPS) is 13.5. The molecule has 0 aromatic heterocycles. The Balaban J connectivity index is 0.00000450. The SMILES string of the molecule is CCN(C)CCNC(=NCCCOCCOC)Nc1ccc2c(c1)OCCCO2.I. The highest BCUT2D eigenvalue weighted by molar-refractivity contribution is 14.0. The zero-order valence-electron chi connectivity index (χ0n) is 18.4. The first-order valence-electron chi connectivity index (χ1n) is 10.4. The van der Waals surface area contributed by atoms with Crippen molar-refractivity contribution in [1.29, 1.82) is 0 Å². The molecule has 0 radical (unpaired) electrons. The molecule has 0 fully saturated rings. The highest BCUT2D eigenvalue weighted by atomic mass is 127. The summed E-state index contributed by atoms with van der Waals surface area (Å²) in [5.41, 5.74) is 0.917. The molecule has 1 heterocycles. The number of anilines is 1. The van der Waals surface area contributed by atoms with E-state index in [1.807, 2.05) is 18.2 Å². The van der Waals surface area contributed by atoms with Crippen molar-refractivity contribution in [2.75, 3.05) is 78.7 Å². The topological polar surface area (TPSA) is 76.6 Å². The van der Waals surface area contributed by atoms with E-state index in [-0.39, 0.29) is 24.0 Å². The molecule has 172 valence electrons. The van der Waals surface area contributed by atoms with Gasteiger partial charge in [0.2, 0.25) is 0 Å². The molecule has 0 atom stereocenters. The van der Waals surface area contributed by atoms with E-state index in [0.29, 0.717) is 39.6 Å². The molecule has 0 saturated heterocycles. The second-order valence-corrected chi connectivity index (χ2v) is 6.85. The summed E-state index contributed by atoms with van der Waals surface area (Å²) in [6.45, 7) is 8.85. The van der Waals surface area contributed by atoms with E-state index in [0.717, 1.165) is 55.6 Å². The Morgan fingerprint density at radius 2 is 1.97 bits per heavy atom. The molecule has 2 rings (SSSR count). The Morgan fingerprint density at radius 3 is 2.73 bits per heavy atom. The van der Waals surface area contributed by atoms with E-state index in [1.54, 1.807) is 7.11 Å². The van der Waals surface area contributed by atoms with Crippen LogP contribution in [0.1, 0.15) is 19.8 Å². The summed E-state index contributed by atoms with van der Waals surface area (Å²) in [7, 11) is 3.78. The van der Waals surface area contributed by atoms with Crippen molar-refractivity contribution in [3.8, 4) is 11.5 Å². The van der Waals surface area contributed by atoms with E-state index in [9.17, 15) is 0 Å². The Labute approximate surface area is 197 Å². The van der Waals surface area contributed by atoms with Gasteiger partial charge >= 0.3 is 0 Å². The molecule has 2 N–H and O–H groups in total. The van der Waals surface area contributed by atoms with Gasteiger partial charge in [-0.05, 0) is 32.1 Å². The number of nitrogens with one attached hydrogen (secondary N) is 2. The first-order valence-corrected chi connectivity index (χ1v) is 10.4. The molecule has 0 bridgehead atoms. The number of halogens is 1. The number of nitrogens with zero attached hydrogens (tertiary/aromatic N) is 2. The molecular weight excluding hydrogens is 499 g/mol. The van der Waals surface area contributed by atoms with Gasteiger partial charge in [-0.15, -0.1) is 24.0 Å². The lowest BCUT2D eigenvalue weighted by molar-refractivity contribution is 0.0702. The largest absolute Gasteiger partial charge is 0.490 e. The number of hydrogen-bond donors (Lipinski definition) is 2. The molecule has 0 unspecified atom stereocenters. The zero-order chi connectivity index (χ0) is 20.7. The van der Waals surface area contributed by atoms with Crippen LogP contribution >= 0.6 is 24.0 Å². The van der Waals surface area contributed by atoms with Crippen LogP contribution in [0.2, 0.25) is 0 Å². The third-order valence-corrected chi connectivity index (χ3v) is 4.48. The maximum atomic E-state index is 5.78. The van der Waals surface area contributed by atoms with Gasteiger partial charge in [0.15, 0.2) is 17.5 Å². The number of guanidine groups is 1. The van der Waals surface area contributed by atoms with Gasteiger partial charge in [-0.1, -0.05) is 6.92 Å². The van der Waals surface area contributed by atoms with Gasteiger partial charge in [-0.25, -0.2) is 0 Å². The van der Waals surface area contributed by atoms with Crippen LogP contribution in [0.25, 0.3) is 0 Å². The molecule has 1 aliphatic rings. The summed E-state index contributed by atoms with van der Waals surface area (Å²) in [5.74, 6) is 2.31. The number of methoxy groups -OCH3 is 1. The number of ether oxygens (including phenoxy) is 4. The Kier molecular flexibility index (Phi) is 14.6. The summed E-state index contributed by atoms with van der Waals surface area (Å²) in [6.07, 6.45) is 1.75. The van der Waals surface area contributed by atoms with Gasteiger partial charge < -0.3 is 34.5 Å². The third-order valence-electron chi connectivity index (χ3n) is 4.48. The standard InChI is InChI=1S/C21H36N4O4.HI/c1-4-25(2)11-10-23-21(22-9-5-12-27-16-15-26-3)24-18-7-8-19-20(17-18)29-14-6-13-28-19;/h7-8,17H,4-6,9-16H2,1-3H3,(H2,22,23,24);1H. The van der Waals surface area contributed by atoms with Crippen LogP contribution in [-0.4, -0.2) is 84.2 Å². The van der Waals surface area contributed by atoms with Crippen molar-refractivity contribution >= 4 is 35.6 Å². The zero-order valence-corrected chi connectivity index (χ0v) is 20.8. The third kappa shape index (κ3) is 10.6. The van der Waals surface area contributed by atoms with Crippen molar-refractivity contribution in [1.82, 2.24) is 10.2 Å². The Hall–Kier alpha value is -1.30. The first kappa shape index (κ1) is 26.7. The minimum atomic E-state index is 0. The van der Waals surface area contributed by atoms with Gasteiger partial charge in [0, 0.05) is 51.5 Å². The molecule has 0 aliphatic carbocycles. The van der Waals surface area contributed by atoms with E-state index in [2.05, 4.69) is 34.5 Å². The summed E-state index contributed by atoms with van der Waals surface area (Å²) in [5, 5.41) is 6.78. The molecule has 1 aromatic rings. The van der Waals surface area contributed by atoms with Crippen molar-refractivity contribution < 1.29 is 18.9 Å². The van der Waals surface area contributed by atoms with Gasteiger partial charge in [0.1, 0.15) is 0 Å². The number of fused-ring (bicyclic) bond motifs is 1. The Morgan fingerprint density at radius 1 is 1.17 bits per heavy atom. The van der Waals surface area contributed by atoms with E-state index >= 15 is 0 Å². The number of aliphatic imine (C=N–C) groups is 1. The van der Waals surface area contributed by atoms with Crippen LogP contribution in [0.15, 0.2) is 23.2 Å². The quantitative estimate of drug-likeness (QED) is 0.184.